The molecule has 0 aromatic heterocycles. The number of unbranched alkanes of at least 4 members (excludes halogenated alkanes) is 18. The number of carbonyl (C=O) groups is 2. The zero-order valence-corrected chi connectivity index (χ0v) is 31.2. The molecule has 0 radical (unpaired) electrons. The zero-order chi connectivity index (χ0) is 34.3. The molecule has 2 rings (SSSR count). The Morgan fingerprint density at radius 1 is 0.458 bits per heavy atom. The summed E-state index contributed by atoms with van der Waals surface area (Å²) < 4.78 is 0. The van der Waals surface area contributed by atoms with Gasteiger partial charge in [0, 0.05) is 6.04 Å². The number of amides is 2. The average Bonchev–Trinajstić information content (AvgIpc) is 3.35. The highest BCUT2D eigenvalue weighted by molar-refractivity contribution is 6.21. The third-order valence-electron chi connectivity index (χ3n) is 9.67. The number of benzene rings is 1. The minimum absolute atomic E-state index is 0.0223. The second-order valence-corrected chi connectivity index (χ2v) is 13.9. The maximum Gasteiger partial charge on any atom is 0.261 e. The van der Waals surface area contributed by atoms with Gasteiger partial charge in [-0.15, -0.1) is 0 Å². The highest BCUT2D eigenvalue weighted by Gasteiger charge is 2.39. The van der Waals surface area contributed by atoms with E-state index in [-0.39, 0.29) is 17.9 Å². The van der Waals surface area contributed by atoms with Crippen LogP contribution in [-0.4, -0.2) is 22.8 Å². The first kappa shape index (κ1) is 41.5. The van der Waals surface area contributed by atoms with Gasteiger partial charge in [-0.25, -0.2) is 0 Å². The number of fused-ring (bicyclic) bond motifs is 1. The number of rotatable bonds is 31. The van der Waals surface area contributed by atoms with E-state index in [1.807, 2.05) is 24.3 Å². The van der Waals surface area contributed by atoms with Crippen molar-refractivity contribution in [3.05, 3.63) is 84.0 Å². The standard InChI is InChI=1S/C45H71NO2/c1-3-5-7-9-11-13-15-17-19-21-23-25-27-29-31-33-37-41(46-44(47)42-39-35-36-40-43(42)45(46)48)38-34-32-30-28-26-24-22-20-18-16-14-12-10-8-6-4-2/h11-14,17-20,35-36,39-41H,3-10,15-16,21-34,37-38H2,1-2H3/b13-11-,14-12-,19-17-,20-18-. The van der Waals surface area contributed by atoms with E-state index in [2.05, 4.69) is 62.5 Å². The highest BCUT2D eigenvalue weighted by atomic mass is 16.2. The van der Waals surface area contributed by atoms with E-state index in [0.717, 1.165) is 38.5 Å². The van der Waals surface area contributed by atoms with E-state index in [0.29, 0.717) is 11.1 Å². The van der Waals surface area contributed by atoms with Crippen LogP contribution in [0.4, 0.5) is 0 Å². The topological polar surface area (TPSA) is 37.4 Å². The molecular weight excluding hydrogens is 587 g/mol. The molecule has 0 fully saturated rings. The molecule has 1 aromatic rings. The van der Waals surface area contributed by atoms with Crippen LogP contribution in [0.25, 0.3) is 0 Å². The van der Waals surface area contributed by atoms with Gasteiger partial charge in [0.15, 0.2) is 0 Å². The van der Waals surface area contributed by atoms with E-state index in [9.17, 15) is 9.59 Å². The monoisotopic (exact) mass is 658 g/mol. The summed E-state index contributed by atoms with van der Waals surface area (Å²) >= 11 is 0. The molecule has 1 aliphatic heterocycles. The molecule has 3 heteroatoms. The summed E-state index contributed by atoms with van der Waals surface area (Å²) in [6.07, 6.45) is 49.9. The Labute approximate surface area is 296 Å². The molecule has 0 aliphatic carbocycles. The number of hydrogen-bond donors (Lipinski definition) is 0. The molecule has 268 valence electrons. The van der Waals surface area contributed by atoms with Crippen LogP contribution in [0.5, 0.6) is 0 Å². The molecule has 0 spiro atoms. The van der Waals surface area contributed by atoms with Crippen LogP contribution in [0.15, 0.2) is 72.9 Å². The minimum Gasteiger partial charge on any atom is -0.271 e. The quantitative estimate of drug-likeness (QED) is 0.0453. The first-order valence-corrected chi connectivity index (χ1v) is 20.3. The van der Waals surface area contributed by atoms with Crippen LogP contribution in [-0.2, 0) is 0 Å². The van der Waals surface area contributed by atoms with E-state index in [4.69, 9.17) is 0 Å². The second kappa shape index (κ2) is 29.3. The Morgan fingerprint density at radius 3 is 1.17 bits per heavy atom. The smallest absolute Gasteiger partial charge is 0.261 e. The van der Waals surface area contributed by atoms with Crippen LogP contribution >= 0.6 is 0 Å². The molecule has 1 aliphatic rings. The molecule has 0 saturated heterocycles. The summed E-state index contributed by atoms with van der Waals surface area (Å²) in [5.41, 5.74) is 1.17. The van der Waals surface area contributed by atoms with Gasteiger partial charge >= 0.3 is 0 Å². The Hall–Kier alpha value is -2.68. The molecule has 3 nitrogen and oxygen atoms in total. The predicted molar refractivity (Wildman–Crippen MR) is 209 cm³/mol. The Morgan fingerprint density at radius 2 is 0.792 bits per heavy atom. The summed E-state index contributed by atoms with van der Waals surface area (Å²) in [6.45, 7) is 4.51. The number of allylic oxidation sites excluding steroid dienone is 8. The van der Waals surface area contributed by atoms with Crippen molar-refractivity contribution in [3.63, 3.8) is 0 Å². The lowest BCUT2D eigenvalue weighted by Crippen LogP contribution is -2.39. The van der Waals surface area contributed by atoms with Crippen LogP contribution in [0.1, 0.15) is 202 Å². The fourth-order valence-electron chi connectivity index (χ4n) is 6.68. The van der Waals surface area contributed by atoms with Gasteiger partial charge in [-0.1, -0.05) is 164 Å². The largest absolute Gasteiger partial charge is 0.271 e. The molecule has 48 heavy (non-hydrogen) atoms. The lowest BCUT2D eigenvalue weighted by atomic mass is 9.98. The molecule has 1 aromatic carbocycles. The van der Waals surface area contributed by atoms with Gasteiger partial charge in [0.2, 0.25) is 0 Å². The van der Waals surface area contributed by atoms with Gasteiger partial charge in [-0.2, -0.15) is 0 Å². The first-order chi connectivity index (χ1) is 23.7. The van der Waals surface area contributed by atoms with E-state index >= 15 is 0 Å². The van der Waals surface area contributed by atoms with E-state index in [1.165, 1.54) is 128 Å². The van der Waals surface area contributed by atoms with Crippen LogP contribution < -0.4 is 0 Å². The predicted octanol–water partition coefficient (Wildman–Crippen LogP) is 14.1. The third kappa shape index (κ3) is 18.8. The summed E-state index contributed by atoms with van der Waals surface area (Å²) in [5.74, 6) is -0.165. The van der Waals surface area contributed by atoms with Gasteiger partial charge in [-0.3, -0.25) is 14.5 Å². The van der Waals surface area contributed by atoms with Crippen molar-refractivity contribution in [2.75, 3.05) is 0 Å². The maximum atomic E-state index is 13.3. The molecule has 0 N–H and O–H groups in total. The van der Waals surface area contributed by atoms with Crippen molar-refractivity contribution in [1.29, 1.82) is 0 Å². The number of hydrogen-bond acceptors (Lipinski definition) is 2. The molecule has 0 unspecified atom stereocenters. The first-order valence-electron chi connectivity index (χ1n) is 20.3. The minimum atomic E-state index is -0.0827. The molecule has 0 atom stereocenters. The molecule has 1 heterocycles. The number of nitrogens with zero attached hydrogens (tertiary/aromatic N) is 1. The van der Waals surface area contributed by atoms with Crippen molar-refractivity contribution < 1.29 is 9.59 Å². The Balaban J connectivity index is 1.61. The summed E-state index contributed by atoms with van der Waals surface area (Å²) in [6, 6.07) is 7.39. The normalized spacial score (nSPS) is 13.6. The SMILES string of the molecule is CCCCC/C=C\C/C=C\CCCCCCCCC(CCCCCCCC/C=C\C/C=C\CCCCC)N1C(=O)c2ccccc2C1=O. The van der Waals surface area contributed by atoms with Crippen molar-refractivity contribution >= 4 is 11.8 Å². The number of carbonyl (C=O) groups excluding carboxylic acids is 2. The van der Waals surface area contributed by atoms with Gasteiger partial charge in [0.1, 0.15) is 0 Å². The van der Waals surface area contributed by atoms with Crippen molar-refractivity contribution in [1.82, 2.24) is 4.90 Å². The maximum absolute atomic E-state index is 13.3. The van der Waals surface area contributed by atoms with Gasteiger partial charge < -0.3 is 0 Å². The molecular formula is C45H71NO2. The summed E-state index contributed by atoms with van der Waals surface area (Å²) in [5, 5.41) is 0. The van der Waals surface area contributed by atoms with E-state index < -0.39 is 0 Å². The van der Waals surface area contributed by atoms with Crippen LogP contribution in [0, 0.1) is 0 Å². The average molecular weight is 658 g/mol. The fourth-order valence-corrected chi connectivity index (χ4v) is 6.68. The van der Waals surface area contributed by atoms with Crippen molar-refractivity contribution in [2.24, 2.45) is 0 Å². The highest BCUT2D eigenvalue weighted by Crippen LogP contribution is 2.29. The summed E-state index contributed by atoms with van der Waals surface area (Å²) in [7, 11) is 0. The van der Waals surface area contributed by atoms with Crippen molar-refractivity contribution in [3.8, 4) is 0 Å². The lowest BCUT2D eigenvalue weighted by Gasteiger charge is -2.26. The fraction of sp³-hybridized carbons (Fsp3) is 0.644. The second-order valence-electron chi connectivity index (χ2n) is 13.9. The van der Waals surface area contributed by atoms with Crippen LogP contribution in [0.3, 0.4) is 0 Å². The van der Waals surface area contributed by atoms with Gasteiger partial charge in [0.25, 0.3) is 11.8 Å². The zero-order valence-electron chi connectivity index (χ0n) is 31.2. The molecule has 0 saturated carbocycles. The Bertz CT molecular complexity index is 997. The summed E-state index contributed by atoms with van der Waals surface area (Å²) in [4.78, 5) is 28.2. The van der Waals surface area contributed by atoms with Crippen molar-refractivity contribution in [2.45, 2.75) is 187 Å². The molecule has 0 bridgehead atoms. The third-order valence-corrected chi connectivity index (χ3v) is 9.67. The van der Waals surface area contributed by atoms with Crippen LogP contribution in [0.2, 0.25) is 0 Å². The van der Waals surface area contributed by atoms with Gasteiger partial charge in [0.05, 0.1) is 11.1 Å². The number of imide groups is 1. The van der Waals surface area contributed by atoms with Gasteiger partial charge in [-0.05, 0) is 89.2 Å². The lowest BCUT2D eigenvalue weighted by molar-refractivity contribution is 0.0563. The Kier molecular flexibility index (Phi) is 25.3. The van der Waals surface area contributed by atoms with E-state index in [1.54, 1.807) is 4.90 Å². The molecule has 2 amide bonds.